The second-order valence-electron chi connectivity index (χ2n) is 5.18. The van der Waals surface area contributed by atoms with Gasteiger partial charge in [-0.1, -0.05) is 23.7 Å². The van der Waals surface area contributed by atoms with Crippen LogP contribution in [0.2, 0.25) is 5.02 Å². The molecule has 0 aliphatic heterocycles. The summed E-state index contributed by atoms with van der Waals surface area (Å²) in [7, 11) is 1.63. The zero-order valence-electron chi connectivity index (χ0n) is 11.7. The fourth-order valence-corrected chi connectivity index (χ4v) is 3.03. The molecule has 2 aromatic rings. The molecule has 1 atom stereocenters. The van der Waals surface area contributed by atoms with Gasteiger partial charge in [-0.2, -0.15) is 5.26 Å². The highest BCUT2D eigenvalue weighted by Gasteiger charge is 2.39. The number of methoxy groups -OCH3 is 1. The van der Waals surface area contributed by atoms with Crippen LogP contribution in [0.3, 0.4) is 0 Å². The lowest BCUT2D eigenvalue weighted by atomic mass is 9.92. The van der Waals surface area contributed by atoms with E-state index in [1.54, 1.807) is 7.11 Å². The average Bonchev–Trinajstić information content (AvgIpc) is 2.86. The average molecular weight is 299 g/mol. The van der Waals surface area contributed by atoms with Gasteiger partial charge in [-0.05, 0) is 54.3 Å². The van der Waals surface area contributed by atoms with Crippen molar-refractivity contribution in [3.8, 4) is 11.8 Å². The molecule has 106 valence electrons. The molecule has 0 amide bonds. The number of ether oxygens (including phenoxy) is 1. The van der Waals surface area contributed by atoms with Crippen LogP contribution < -0.4 is 10.1 Å². The Hall–Kier alpha value is -2.18. The Morgan fingerprint density at radius 1 is 1.29 bits per heavy atom. The summed E-state index contributed by atoms with van der Waals surface area (Å²) in [4.78, 5) is 0. The lowest BCUT2D eigenvalue weighted by molar-refractivity contribution is 0.413. The summed E-state index contributed by atoms with van der Waals surface area (Å²) in [5, 5.41) is 13.8. The number of halogens is 1. The molecule has 1 aliphatic rings. The Morgan fingerprint density at radius 3 is 2.86 bits per heavy atom. The quantitative estimate of drug-likeness (QED) is 0.927. The minimum absolute atomic E-state index is 0.650. The van der Waals surface area contributed by atoms with E-state index in [2.05, 4.69) is 11.4 Å². The van der Waals surface area contributed by atoms with Gasteiger partial charge in [-0.25, -0.2) is 0 Å². The molecule has 0 bridgehead atoms. The number of nitriles is 1. The number of benzene rings is 2. The first kappa shape index (κ1) is 13.8. The van der Waals surface area contributed by atoms with E-state index in [9.17, 15) is 5.26 Å². The molecule has 1 aliphatic carbocycles. The maximum Gasteiger partial charge on any atom is 0.151 e. The molecular weight excluding hydrogens is 284 g/mol. The number of aryl methyl sites for hydroxylation is 1. The Kier molecular flexibility index (Phi) is 3.48. The van der Waals surface area contributed by atoms with Crippen LogP contribution in [0.1, 0.15) is 17.5 Å². The molecule has 3 rings (SSSR count). The fraction of sp³-hybridized carbons (Fsp3) is 0.235. The number of hydrogen-bond donors (Lipinski definition) is 1. The Bertz CT molecular complexity index is 723. The maximum absolute atomic E-state index is 9.77. The van der Waals surface area contributed by atoms with Gasteiger partial charge in [-0.3, -0.25) is 0 Å². The molecule has 0 radical (unpaired) electrons. The van der Waals surface area contributed by atoms with E-state index in [0.717, 1.165) is 29.8 Å². The molecule has 1 N–H and O–H groups in total. The predicted molar refractivity (Wildman–Crippen MR) is 83.7 cm³/mol. The number of nitrogens with zero attached hydrogens (tertiary/aromatic N) is 1. The van der Waals surface area contributed by atoms with Crippen molar-refractivity contribution in [3.05, 3.63) is 58.6 Å². The first-order valence-electron chi connectivity index (χ1n) is 6.79. The van der Waals surface area contributed by atoms with Gasteiger partial charge in [-0.15, -0.1) is 0 Å². The molecular formula is C17H15ClN2O. The predicted octanol–water partition coefficient (Wildman–Crippen LogP) is 4.13. The van der Waals surface area contributed by atoms with E-state index in [1.807, 2.05) is 42.5 Å². The molecule has 0 heterocycles. The first-order chi connectivity index (χ1) is 10.2. The zero-order valence-corrected chi connectivity index (χ0v) is 12.4. The van der Waals surface area contributed by atoms with E-state index >= 15 is 0 Å². The number of nitrogens with one attached hydrogen (secondary N) is 1. The number of rotatable bonds is 3. The van der Waals surface area contributed by atoms with Crippen LogP contribution >= 0.6 is 11.6 Å². The lowest BCUT2D eigenvalue weighted by Crippen LogP contribution is -2.31. The summed E-state index contributed by atoms with van der Waals surface area (Å²) in [6.45, 7) is 0. The number of anilines is 1. The van der Waals surface area contributed by atoms with Gasteiger partial charge in [0.1, 0.15) is 5.75 Å². The van der Waals surface area contributed by atoms with Crippen molar-refractivity contribution in [1.29, 1.82) is 5.26 Å². The van der Waals surface area contributed by atoms with Crippen LogP contribution in [0, 0.1) is 11.3 Å². The molecule has 4 heteroatoms. The summed E-state index contributed by atoms with van der Waals surface area (Å²) in [6, 6.07) is 15.8. The largest absolute Gasteiger partial charge is 0.497 e. The molecule has 1 unspecified atom stereocenters. The normalized spacial score (nSPS) is 19.7. The second-order valence-corrected chi connectivity index (χ2v) is 5.61. The lowest BCUT2D eigenvalue weighted by Gasteiger charge is -2.25. The van der Waals surface area contributed by atoms with Crippen molar-refractivity contribution >= 4 is 17.3 Å². The van der Waals surface area contributed by atoms with Crippen LogP contribution in [0.25, 0.3) is 0 Å². The second kappa shape index (κ2) is 5.31. The van der Waals surface area contributed by atoms with Gasteiger partial charge in [0.2, 0.25) is 0 Å². The summed E-state index contributed by atoms with van der Waals surface area (Å²) in [5.41, 5.74) is 2.30. The minimum atomic E-state index is -0.728. The van der Waals surface area contributed by atoms with E-state index in [1.165, 1.54) is 5.56 Å². The molecule has 21 heavy (non-hydrogen) atoms. The Morgan fingerprint density at radius 2 is 2.14 bits per heavy atom. The van der Waals surface area contributed by atoms with Crippen molar-refractivity contribution in [3.63, 3.8) is 0 Å². The van der Waals surface area contributed by atoms with E-state index < -0.39 is 5.54 Å². The minimum Gasteiger partial charge on any atom is -0.497 e. The van der Waals surface area contributed by atoms with Crippen molar-refractivity contribution in [2.45, 2.75) is 18.4 Å². The standard InChI is InChI=1S/C17H15ClN2O/c1-21-15-6-5-12-7-8-17(11-19,16(12)10-15)20-14-4-2-3-13(18)9-14/h2-6,9-10,20H,7-8H2,1H3. The third kappa shape index (κ3) is 2.43. The first-order valence-corrected chi connectivity index (χ1v) is 7.17. The van der Waals surface area contributed by atoms with Crippen LogP contribution in [0.5, 0.6) is 5.75 Å². The monoisotopic (exact) mass is 298 g/mol. The highest BCUT2D eigenvalue weighted by Crippen LogP contribution is 2.41. The van der Waals surface area contributed by atoms with E-state index in [-0.39, 0.29) is 0 Å². The fourth-order valence-electron chi connectivity index (χ4n) is 2.84. The smallest absolute Gasteiger partial charge is 0.151 e. The number of fused-ring (bicyclic) bond motifs is 1. The van der Waals surface area contributed by atoms with Crippen molar-refractivity contribution in [1.82, 2.24) is 0 Å². The Labute approximate surface area is 129 Å². The molecule has 0 aromatic heterocycles. The highest BCUT2D eigenvalue weighted by atomic mass is 35.5. The zero-order chi connectivity index (χ0) is 14.9. The molecule has 0 saturated carbocycles. The SMILES string of the molecule is COc1ccc2c(c1)C(C#N)(Nc1cccc(Cl)c1)CC2. The van der Waals surface area contributed by atoms with Crippen molar-refractivity contribution in [2.24, 2.45) is 0 Å². The summed E-state index contributed by atoms with van der Waals surface area (Å²) >= 11 is 6.02. The Balaban J connectivity index is 2.02. The van der Waals surface area contributed by atoms with Gasteiger partial charge < -0.3 is 10.1 Å². The summed E-state index contributed by atoms with van der Waals surface area (Å²) in [6.07, 6.45) is 1.61. The highest BCUT2D eigenvalue weighted by molar-refractivity contribution is 6.30. The third-order valence-electron chi connectivity index (χ3n) is 3.92. The van der Waals surface area contributed by atoms with Gasteiger partial charge in [0.25, 0.3) is 0 Å². The van der Waals surface area contributed by atoms with Gasteiger partial charge >= 0.3 is 0 Å². The van der Waals surface area contributed by atoms with Gasteiger partial charge in [0.15, 0.2) is 5.54 Å². The number of hydrogen-bond acceptors (Lipinski definition) is 3. The van der Waals surface area contributed by atoms with Gasteiger partial charge in [0, 0.05) is 10.7 Å². The van der Waals surface area contributed by atoms with Crippen molar-refractivity contribution < 1.29 is 4.74 Å². The van der Waals surface area contributed by atoms with Gasteiger partial charge in [0.05, 0.1) is 13.2 Å². The molecule has 0 fully saturated rings. The molecule has 2 aromatic carbocycles. The summed E-state index contributed by atoms with van der Waals surface area (Å²) in [5.74, 6) is 0.767. The summed E-state index contributed by atoms with van der Waals surface area (Å²) < 4.78 is 5.29. The van der Waals surface area contributed by atoms with Crippen LogP contribution in [-0.2, 0) is 12.0 Å². The van der Waals surface area contributed by atoms with E-state index in [0.29, 0.717) is 5.02 Å². The van der Waals surface area contributed by atoms with E-state index in [4.69, 9.17) is 16.3 Å². The van der Waals surface area contributed by atoms with Crippen LogP contribution in [-0.4, -0.2) is 7.11 Å². The molecule has 0 saturated heterocycles. The van der Waals surface area contributed by atoms with Crippen molar-refractivity contribution in [2.75, 3.05) is 12.4 Å². The maximum atomic E-state index is 9.77. The topological polar surface area (TPSA) is 45.0 Å². The van der Waals surface area contributed by atoms with Crippen LogP contribution in [0.4, 0.5) is 5.69 Å². The van der Waals surface area contributed by atoms with Crippen LogP contribution in [0.15, 0.2) is 42.5 Å². The molecule has 3 nitrogen and oxygen atoms in total. The third-order valence-corrected chi connectivity index (χ3v) is 4.15. The molecule has 0 spiro atoms.